The summed E-state index contributed by atoms with van der Waals surface area (Å²) in [5.41, 5.74) is -7.13. The van der Waals surface area contributed by atoms with Crippen LogP contribution in [-0.2, 0) is 6.18 Å². The summed E-state index contributed by atoms with van der Waals surface area (Å²) in [6.45, 7) is 0. The van der Waals surface area contributed by atoms with E-state index < -0.39 is 43.6 Å². The molecule has 1 aromatic rings. The zero-order valence-corrected chi connectivity index (χ0v) is 8.50. The Balaban J connectivity index is 3.81. The van der Waals surface area contributed by atoms with Gasteiger partial charge < -0.3 is 0 Å². The number of rotatable bonds is 3. The van der Waals surface area contributed by atoms with Crippen LogP contribution in [-0.4, -0.2) is 14.8 Å². The third-order valence-corrected chi connectivity index (χ3v) is 1.87. The molecule has 0 spiro atoms. The molecular formula is C7HF3N3O6. The van der Waals surface area contributed by atoms with Crippen LogP contribution in [0.4, 0.5) is 30.2 Å². The van der Waals surface area contributed by atoms with Crippen molar-refractivity contribution in [2.75, 3.05) is 0 Å². The zero-order valence-electron chi connectivity index (χ0n) is 8.50. The second kappa shape index (κ2) is 4.47. The Morgan fingerprint density at radius 3 is 1.84 bits per heavy atom. The highest BCUT2D eigenvalue weighted by molar-refractivity contribution is 5.61. The molecule has 19 heavy (non-hydrogen) atoms. The van der Waals surface area contributed by atoms with E-state index >= 15 is 0 Å². The first-order chi connectivity index (χ1) is 8.55. The van der Waals surface area contributed by atoms with Crippen LogP contribution in [0.5, 0.6) is 0 Å². The molecule has 1 rings (SSSR count). The Kier molecular flexibility index (Phi) is 3.36. The first-order valence-corrected chi connectivity index (χ1v) is 4.16. The molecule has 0 amide bonds. The van der Waals surface area contributed by atoms with Gasteiger partial charge in [0.05, 0.1) is 20.8 Å². The first kappa shape index (κ1) is 14.3. The molecular weight excluding hydrogens is 279 g/mol. The Labute approximate surface area is 100 Å². The van der Waals surface area contributed by atoms with Gasteiger partial charge in [0.15, 0.2) is 6.07 Å². The molecule has 12 heteroatoms. The van der Waals surface area contributed by atoms with E-state index in [-0.39, 0.29) is 6.07 Å². The quantitative estimate of drug-likeness (QED) is 0.616. The summed E-state index contributed by atoms with van der Waals surface area (Å²) in [6, 6.07) is 1.26. The average Bonchev–Trinajstić information content (AvgIpc) is 2.25. The van der Waals surface area contributed by atoms with Crippen LogP contribution in [0.1, 0.15) is 5.56 Å². The third-order valence-electron chi connectivity index (χ3n) is 1.87. The summed E-state index contributed by atoms with van der Waals surface area (Å²) >= 11 is 0. The molecule has 9 nitrogen and oxygen atoms in total. The van der Waals surface area contributed by atoms with Crippen molar-refractivity contribution in [3.05, 3.63) is 48.0 Å². The number of nitro benzene ring substituents is 3. The smallest absolute Gasteiger partial charge is 0.258 e. The number of halogens is 3. The molecule has 1 radical (unpaired) electrons. The van der Waals surface area contributed by atoms with Crippen molar-refractivity contribution in [1.29, 1.82) is 0 Å². The average molecular weight is 280 g/mol. The Morgan fingerprint density at radius 1 is 1.00 bits per heavy atom. The van der Waals surface area contributed by atoms with Crippen molar-refractivity contribution in [2.45, 2.75) is 6.18 Å². The van der Waals surface area contributed by atoms with Crippen molar-refractivity contribution < 1.29 is 27.9 Å². The van der Waals surface area contributed by atoms with Gasteiger partial charge in [0.1, 0.15) is 0 Å². The van der Waals surface area contributed by atoms with Gasteiger partial charge >= 0.3 is 11.9 Å². The largest absolute Gasteiger partial charge is 0.429 e. The van der Waals surface area contributed by atoms with E-state index in [4.69, 9.17) is 0 Å². The van der Waals surface area contributed by atoms with Crippen LogP contribution in [0.15, 0.2) is 6.07 Å². The molecule has 0 aromatic heterocycles. The molecule has 0 saturated heterocycles. The Bertz CT molecular complexity index is 549. The summed E-state index contributed by atoms with van der Waals surface area (Å²) in [4.78, 5) is 26.7. The van der Waals surface area contributed by atoms with Crippen LogP contribution in [0.2, 0.25) is 0 Å². The van der Waals surface area contributed by atoms with E-state index in [1.807, 2.05) is 0 Å². The van der Waals surface area contributed by atoms with Crippen molar-refractivity contribution in [2.24, 2.45) is 0 Å². The van der Waals surface area contributed by atoms with Crippen LogP contribution < -0.4 is 0 Å². The summed E-state index contributed by atoms with van der Waals surface area (Å²) < 4.78 is 37.7. The lowest BCUT2D eigenvalue weighted by Crippen LogP contribution is -2.13. The lowest BCUT2D eigenvalue weighted by Gasteiger charge is -2.07. The second-order valence-electron chi connectivity index (χ2n) is 3.03. The molecule has 0 aliphatic heterocycles. The van der Waals surface area contributed by atoms with Gasteiger partial charge in [-0.25, -0.2) is 0 Å². The molecule has 0 aliphatic rings. The minimum atomic E-state index is -5.42. The highest BCUT2D eigenvalue weighted by atomic mass is 19.4. The lowest BCUT2D eigenvalue weighted by molar-refractivity contribution is -0.407. The van der Waals surface area contributed by atoms with E-state index in [2.05, 4.69) is 0 Å². The minimum Gasteiger partial charge on any atom is -0.258 e. The third kappa shape index (κ3) is 2.72. The van der Waals surface area contributed by atoms with Gasteiger partial charge in [0.25, 0.3) is 11.4 Å². The van der Waals surface area contributed by atoms with Crippen LogP contribution >= 0.6 is 0 Å². The van der Waals surface area contributed by atoms with Crippen molar-refractivity contribution >= 4 is 17.1 Å². The fraction of sp³-hybridized carbons (Fsp3) is 0.143. The molecule has 0 aliphatic carbocycles. The molecule has 0 saturated carbocycles. The van der Waals surface area contributed by atoms with Crippen LogP contribution in [0, 0.1) is 36.4 Å². The highest BCUT2D eigenvalue weighted by Crippen LogP contribution is 2.43. The number of hydrogen-bond acceptors (Lipinski definition) is 6. The maximum atomic E-state index is 12.6. The summed E-state index contributed by atoms with van der Waals surface area (Å²) in [7, 11) is 0. The van der Waals surface area contributed by atoms with E-state index in [9.17, 15) is 43.5 Å². The molecule has 101 valence electrons. The number of non-ortho nitro benzene ring substituents is 1. The molecule has 0 N–H and O–H groups in total. The van der Waals surface area contributed by atoms with E-state index in [0.29, 0.717) is 0 Å². The molecule has 0 atom stereocenters. The number of hydrogen-bond donors (Lipinski definition) is 0. The molecule has 0 unspecified atom stereocenters. The van der Waals surface area contributed by atoms with Gasteiger partial charge in [-0.2, -0.15) is 13.2 Å². The number of nitro groups is 3. The first-order valence-electron chi connectivity index (χ1n) is 4.16. The predicted octanol–water partition coefficient (Wildman–Crippen LogP) is 2.23. The fourth-order valence-corrected chi connectivity index (χ4v) is 1.20. The van der Waals surface area contributed by atoms with Crippen molar-refractivity contribution in [3.8, 4) is 0 Å². The predicted molar refractivity (Wildman–Crippen MR) is 50.2 cm³/mol. The Morgan fingerprint density at radius 2 is 1.53 bits per heavy atom. The fourth-order valence-electron chi connectivity index (χ4n) is 1.20. The monoisotopic (exact) mass is 280 g/mol. The lowest BCUT2D eigenvalue weighted by atomic mass is 10.1. The zero-order chi connectivity index (χ0) is 15.0. The van der Waals surface area contributed by atoms with Crippen molar-refractivity contribution in [1.82, 2.24) is 0 Å². The van der Waals surface area contributed by atoms with Gasteiger partial charge in [-0.15, -0.1) is 0 Å². The standard InChI is InChI=1S/C7HF3N3O6/c8-7(9,10)6-4(12(16)17)1-3(11(14)15)2-5(6)13(18)19/h1H. The SMILES string of the molecule is O=[N+]([O-])c1[c]c([N+](=O)[O-])c(C(F)(F)F)c([N+](=O)[O-])c1. The van der Waals surface area contributed by atoms with E-state index in [1.165, 1.54) is 6.07 Å². The maximum absolute atomic E-state index is 12.6. The molecule has 0 bridgehead atoms. The van der Waals surface area contributed by atoms with Gasteiger partial charge in [-0.3, -0.25) is 30.3 Å². The summed E-state index contributed by atoms with van der Waals surface area (Å²) in [5, 5.41) is 31.3. The van der Waals surface area contributed by atoms with E-state index in [1.54, 1.807) is 0 Å². The summed E-state index contributed by atoms with van der Waals surface area (Å²) in [5.74, 6) is 0. The molecule has 0 heterocycles. The maximum Gasteiger partial charge on any atom is 0.429 e. The second-order valence-corrected chi connectivity index (χ2v) is 3.03. The normalized spacial score (nSPS) is 11.1. The minimum absolute atomic E-state index is 0.0319. The van der Waals surface area contributed by atoms with Gasteiger partial charge in [0.2, 0.25) is 5.56 Å². The van der Waals surface area contributed by atoms with Crippen LogP contribution in [0.25, 0.3) is 0 Å². The van der Waals surface area contributed by atoms with Crippen LogP contribution in [0.3, 0.4) is 0 Å². The van der Waals surface area contributed by atoms with Gasteiger partial charge in [-0.1, -0.05) is 0 Å². The Hall–Kier alpha value is -2.79. The van der Waals surface area contributed by atoms with Gasteiger partial charge in [0, 0.05) is 0 Å². The van der Waals surface area contributed by atoms with Gasteiger partial charge in [-0.05, 0) is 0 Å². The topological polar surface area (TPSA) is 129 Å². The van der Waals surface area contributed by atoms with Crippen molar-refractivity contribution in [3.63, 3.8) is 0 Å². The van der Waals surface area contributed by atoms with E-state index in [0.717, 1.165) is 0 Å². The molecule has 0 fully saturated rings. The highest BCUT2D eigenvalue weighted by Gasteiger charge is 2.47. The molecule has 1 aromatic carbocycles. The number of benzene rings is 1. The number of nitrogens with zero attached hydrogens (tertiary/aromatic N) is 3. The number of alkyl halides is 3. The summed E-state index contributed by atoms with van der Waals surface area (Å²) in [6.07, 6.45) is -5.42.